The lowest BCUT2D eigenvalue weighted by molar-refractivity contribution is 0.00641. The third-order valence-corrected chi connectivity index (χ3v) is 4.03. The van der Waals surface area contributed by atoms with E-state index < -0.39 is 0 Å². The lowest BCUT2D eigenvalue weighted by atomic mass is 9.95. The van der Waals surface area contributed by atoms with Gasteiger partial charge in [0.15, 0.2) is 0 Å². The highest BCUT2D eigenvalue weighted by atomic mass is 35.5. The average Bonchev–Trinajstić information content (AvgIpc) is 2.44. The van der Waals surface area contributed by atoms with Crippen molar-refractivity contribution in [2.24, 2.45) is 0 Å². The molecule has 0 spiro atoms. The summed E-state index contributed by atoms with van der Waals surface area (Å²) in [5.41, 5.74) is 1.06. The SMILES string of the molecule is CCCNCc1cccc(Cl)c1OC1CCCCC1O. The maximum Gasteiger partial charge on any atom is 0.142 e. The van der Waals surface area contributed by atoms with Gasteiger partial charge in [0.2, 0.25) is 0 Å². The van der Waals surface area contributed by atoms with Crippen LogP contribution in [-0.4, -0.2) is 23.9 Å². The molecule has 1 fully saturated rings. The molecule has 112 valence electrons. The van der Waals surface area contributed by atoms with Gasteiger partial charge in [-0.2, -0.15) is 0 Å². The second-order valence-electron chi connectivity index (χ2n) is 5.41. The fraction of sp³-hybridized carbons (Fsp3) is 0.625. The molecule has 4 heteroatoms. The summed E-state index contributed by atoms with van der Waals surface area (Å²) in [7, 11) is 0. The number of aliphatic hydroxyl groups excluding tert-OH is 1. The van der Waals surface area contributed by atoms with Gasteiger partial charge >= 0.3 is 0 Å². The number of halogens is 1. The third kappa shape index (κ3) is 4.11. The summed E-state index contributed by atoms with van der Waals surface area (Å²) in [6.45, 7) is 3.85. The Morgan fingerprint density at radius 1 is 1.35 bits per heavy atom. The van der Waals surface area contributed by atoms with Gasteiger partial charge in [0.05, 0.1) is 11.1 Å². The van der Waals surface area contributed by atoms with E-state index in [4.69, 9.17) is 16.3 Å². The van der Waals surface area contributed by atoms with E-state index in [1.165, 1.54) is 0 Å². The van der Waals surface area contributed by atoms with Crippen molar-refractivity contribution in [3.8, 4) is 5.75 Å². The van der Waals surface area contributed by atoms with Crippen molar-refractivity contribution >= 4 is 11.6 Å². The standard InChI is InChI=1S/C16H24ClNO2/c1-2-10-18-11-12-6-5-7-13(17)16(12)20-15-9-4-3-8-14(15)19/h5-7,14-15,18-19H,2-4,8-11H2,1H3. The molecule has 0 aromatic heterocycles. The maximum absolute atomic E-state index is 10.0. The van der Waals surface area contributed by atoms with E-state index in [-0.39, 0.29) is 12.2 Å². The Bertz CT molecular complexity index is 425. The Morgan fingerprint density at radius 2 is 2.15 bits per heavy atom. The zero-order valence-corrected chi connectivity index (χ0v) is 12.8. The van der Waals surface area contributed by atoms with Crippen LogP contribution in [0.5, 0.6) is 5.75 Å². The van der Waals surface area contributed by atoms with Gasteiger partial charge in [-0.05, 0) is 38.3 Å². The minimum absolute atomic E-state index is 0.131. The molecule has 1 aromatic carbocycles. The Kier molecular flexibility index (Phi) is 6.14. The molecule has 1 aromatic rings. The van der Waals surface area contributed by atoms with Crippen LogP contribution in [0.4, 0.5) is 0 Å². The molecule has 0 amide bonds. The van der Waals surface area contributed by atoms with Gasteiger partial charge in [-0.25, -0.2) is 0 Å². The molecular weight excluding hydrogens is 274 g/mol. The van der Waals surface area contributed by atoms with Crippen molar-refractivity contribution in [2.45, 2.75) is 57.8 Å². The molecule has 0 heterocycles. The predicted octanol–water partition coefficient (Wildman–Crippen LogP) is 3.52. The lowest BCUT2D eigenvalue weighted by Gasteiger charge is -2.29. The van der Waals surface area contributed by atoms with Gasteiger partial charge in [-0.1, -0.05) is 37.1 Å². The number of aliphatic hydroxyl groups is 1. The number of hydrogen-bond acceptors (Lipinski definition) is 3. The minimum atomic E-state index is -0.378. The summed E-state index contributed by atoms with van der Waals surface area (Å²) in [6, 6.07) is 5.81. The normalized spacial score (nSPS) is 22.8. The second-order valence-corrected chi connectivity index (χ2v) is 5.82. The molecule has 0 radical (unpaired) electrons. The Balaban J connectivity index is 2.08. The fourth-order valence-electron chi connectivity index (χ4n) is 2.59. The van der Waals surface area contributed by atoms with E-state index in [0.717, 1.165) is 56.5 Å². The fourth-order valence-corrected chi connectivity index (χ4v) is 2.83. The van der Waals surface area contributed by atoms with Gasteiger partial charge in [0.1, 0.15) is 11.9 Å². The van der Waals surface area contributed by atoms with Crippen LogP contribution in [0.3, 0.4) is 0 Å². The summed E-state index contributed by atoms with van der Waals surface area (Å²) in [5.74, 6) is 0.726. The van der Waals surface area contributed by atoms with E-state index in [0.29, 0.717) is 5.02 Å². The molecule has 20 heavy (non-hydrogen) atoms. The van der Waals surface area contributed by atoms with Crippen molar-refractivity contribution in [1.29, 1.82) is 0 Å². The molecule has 1 saturated carbocycles. The first-order valence-corrected chi connectivity index (χ1v) is 7.93. The first kappa shape index (κ1) is 15.6. The lowest BCUT2D eigenvalue weighted by Crippen LogP contribution is -2.35. The molecule has 1 aliphatic rings. The Hall–Kier alpha value is -0.770. The topological polar surface area (TPSA) is 41.5 Å². The van der Waals surface area contributed by atoms with Crippen LogP contribution in [0, 0.1) is 0 Å². The van der Waals surface area contributed by atoms with E-state index in [1.54, 1.807) is 0 Å². The van der Waals surface area contributed by atoms with E-state index in [1.807, 2.05) is 18.2 Å². The van der Waals surface area contributed by atoms with Crippen molar-refractivity contribution in [1.82, 2.24) is 5.32 Å². The molecule has 2 atom stereocenters. The van der Waals surface area contributed by atoms with Crippen LogP contribution < -0.4 is 10.1 Å². The van der Waals surface area contributed by atoms with Crippen LogP contribution in [0.1, 0.15) is 44.6 Å². The minimum Gasteiger partial charge on any atom is -0.486 e. The smallest absolute Gasteiger partial charge is 0.142 e. The van der Waals surface area contributed by atoms with Crippen LogP contribution in [0.2, 0.25) is 5.02 Å². The van der Waals surface area contributed by atoms with Crippen LogP contribution in [0.25, 0.3) is 0 Å². The summed E-state index contributed by atoms with van der Waals surface area (Å²) in [6.07, 6.45) is 4.49. The molecular formula is C16H24ClNO2. The van der Waals surface area contributed by atoms with Crippen LogP contribution in [-0.2, 0) is 6.54 Å². The summed E-state index contributed by atoms with van der Waals surface area (Å²) < 4.78 is 6.04. The quantitative estimate of drug-likeness (QED) is 0.789. The van der Waals surface area contributed by atoms with Gasteiger partial charge in [-0.3, -0.25) is 0 Å². The maximum atomic E-state index is 10.0. The zero-order chi connectivity index (χ0) is 14.4. The van der Waals surface area contributed by atoms with E-state index in [2.05, 4.69) is 12.2 Å². The van der Waals surface area contributed by atoms with Gasteiger partial charge < -0.3 is 15.2 Å². The average molecular weight is 298 g/mol. The highest BCUT2D eigenvalue weighted by Gasteiger charge is 2.26. The van der Waals surface area contributed by atoms with Crippen molar-refractivity contribution < 1.29 is 9.84 Å². The molecule has 0 bridgehead atoms. The van der Waals surface area contributed by atoms with Crippen LogP contribution >= 0.6 is 11.6 Å². The number of rotatable bonds is 6. The summed E-state index contributed by atoms with van der Waals surface area (Å²) >= 11 is 6.27. The molecule has 1 aliphatic carbocycles. The van der Waals surface area contributed by atoms with Gasteiger partial charge in [0.25, 0.3) is 0 Å². The largest absolute Gasteiger partial charge is 0.486 e. The Labute approximate surface area is 126 Å². The molecule has 2 rings (SSSR count). The molecule has 0 saturated heterocycles. The number of benzene rings is 1. The van der Waals surface area contributed by atoms with E-state index in [9.17, 15) is 5.11 Å². The molecule has 2 N–H and O–H groups in total. The molecule has 2 unspecified atom stereocenters. The first-order valence-electron chi connectivity index (χ1n) is 7.55. The van der Waals surface area contributed by atoms with Crippen LogP contribution in [0.15, 0.2) is 18.2 Å². The number of ether oxygens (including phenoxy) is 1. The predicted molar refractivity (Wildman–Crippen MR) is 82.3 cm³/mol. The monoisotopic (exact) mass is 297 g/mol. The van der Waals surface area contributed by atoms with Crippen molar-refractivity contribution in [3.05, 3.63) is 28.8 Å². The molecule has 3 nitrogen and oxygen atoms in total. The zero-order valence-electron chi connectivity index (χ0n) is 12.1. The highest BCUT2D eigenvalue weighted by Crippen LogP contribution is 2.32. The second kappa shape index (κ2) is 7.87. The summed E-state index contributed by atoms with van der Waals surface area (Å²) in [5, 5.41) is 14.0. The highest BCUT2D eigenvalue weighted by molar-refractivity contribution is 6.32. The first-order chi connectivity index (χ1) is 9.72. The Morgan fingerprint density at radius 3 is 2.90 bits per heavy atom. The van der Waals surface area contributed by atoms with Gasteiger partial charge in [0, 0.05) is 12.1 Å². The van der Waals surface area contributed by atoms with Gasteiger partial charge in [-0.15, -0.1) is 0 Å². The van der Waals surface area contributed by atoms with Crippen molar-refractivity contribution in [3.63, 3.8) is 0 Å². The third-order valence-electron chi connectivity index (χ3n) is 3.73. The summed E-state index contributed by atoms with van der Waals surface area (Å²) in [4.78, 5) is 0. The molecule has 0 aliphatic heterocycles. The number of nitrogens with one attached hydrogen (secondary N) is 1. The number of hydrogen-bond donors (Lipinski definition) is 2. The van der Waals surface area contributed by atoms with Crippen molar-refractivity contribution in [2.75, 3.05) is 6.54 Å². The number of para-hydroxylation sites is 1. The van der Waals surface area contributed by atoms with E-state index >= 15 is 0 Å².